The van der Waals surface area contributed by atoms with E-state index in [2.05, 4.69) is 20.8 Å². The van der Waals surface area contributed by atoms with Crippen molar-refractivity contribution in [2.45, 2.75) is 12.8 Å². The van der Waals surface area contributed by atoms with Crippen molar-refractivity contribution < 1.29 is 4.79 Å². The van der Waals surface area contributed by atoms with Gasteiger partial charge < -0.3 is 5.32 Å². The first-order chi connectivity index (χ1) is 12.7. The molecule has 4 heterocycles. The standard InChI is InChI=1S/C18H19ClN6O/c19-13-5-6-15(21-11-13)17-10-16(18(26)24-9-2-1-8-22-24)23-25(17)14-4-3-7-20-12-14/h3-7,10-11,20,22H,1-2,8-9,12H2. The van der Waals surface area contributed by atoms with Gasteiger partial charge in [0.1, 0.15) is 0 Å². The Labute approximate surface area is 156 Å². The average molecular weight is 371 g/mol. The summed E-state index contributed by atoms with van der Waals surface area (Å²) in [4.78, 5) is 17.2. The Morgan fingerprint density at radius 1 is 1.27 bits per heavy atom. The average Bonchev–Trinajstić information content (AvgIpc) is 3.15. The van der Waals surface area contributed by atoms with Gasteiger partial charge in [-0.25, -0.2) is 10.1 Å². The summed E-state index contributed by atoms with van der Waals surface area (Å²) in [5, 5.41) is 9.95. The molecule has 7 nitrogen and oxygen atoms in total. The van der Waals surface area contributed by atoms with Gasteiger partial charge >= 0.3 is 0 Å². The molecule has 0 bridgehead atoms. The highest BCUT2D eigenvalue weighted by Gasteiger charge is 2.24. The van der Waals surface area contributed by atoms with Crippen LogP contribution in [-0.2, 0) is 0 Å². The van der Waals surface area contributed by atoms with E-state index in [0.717, 1.165) is 30.8 Å². The minimum absolute atomic E-state index is 0.126. The molecule has 0 saturated carbocycles. The van der Waals surface area contributed by atoms with Crippen LogP contribution >= 0.6 is 11.6 Å². The predicted octanol–water partition coefficient (Wildman–Crippen LogP) is 2.30. The van der Waals surface area contributed by atoms with Crippen LogP contribution in [-0.4, -0.2) is 45.3 Å². The van der Waals surface area contributed by atoms with Crippen LogP contribution in [0.1, 0.15) is 23.3 Å². The smallest absolute Gasteiger partial charge is 0.288 e. The molecule has 8 heteroatoms. The Kier molecular flexibility index (Phi) is 4.73. The molecule has 1 saturated heterocycles. The van der Waals surface area contributed by atoms with Crippen molar-refractivity contribution in [3.05, 3.63) is 53.5 Å². The fourth-order valence-corrected chi connectivity index (χ4v) is 3.12. The number of allylic oxidation sites excluding steroid dienone is 2. The number of hydrazine groups is 1. The maximum atomic E-state index is 12.8. The SMILES string of the molecule is O=C(c1cc(-c2ccc(Cl)cn2)n(C2=CC=CNC2)n1)N1CCCCN1. The van der Waals surface area contributed by atoms with Crippen LogP contribution in [0.5, 0.6) is 0 Å². The van der Waals surface area contributed by atoms with E-state index in [0.29, 0.717) is 29.5 Å². The van der Waals surface area contributed by atoms with Gasteiger partial charge in [0.15, 0.2) is 5.69 Å². The first-order valence-electron chi connectivity index (χ1n) is 8.59. The first kappa shape index (κ1) is 16.8. The van der Waals surface area contributed by atoms with E-state index in [-0.39, 0.29) is 5.91 Å². The lowest BCUT2D eigenvalue weighted by Crippen LogP contribution is -2.47. The van der Waals surface area contributed by atoms with Crippen LogP contribution in [0.15, 0.2) is 42.7 Å². The van der Waals surface area contributed by atoms with E-state index in [9.17, 15) is 4.79 Å². The number of carbonyl (C=O) groups excluding carboxylic acids is 1. The second-order valence-electron chi connectivity index (χ2n) is 6.16. The molecule has 0 unspecified atom stereocenters. The minimum Gasteiger partial charge on any atom is -0.385 e. The van der Waals surface area contributed by atoms with Gasteiger partial charge in [-0.2, -0.15) is 5.10 Å². The van der Waals surface area contributed by atoms with Gasteiger partial charge in [0.2, 0.25) is 0 Å². The number of hydrogen-bond acceptors (Lipinski definition) is 5. The van der Waals surface area contributed by atoms with Crippen LogP contribution < -0.4 is 10.7 Å². The van der Waals surface area contributed by atoms with E-state index in [4.69, 9.17) is 11.6 Å². The van der Waals surface area contributed by atoms with Crippen molar-refractivity contribution in [2.75, 3.05) is 19.6 Å². The number of pyridine rings is 1. The molecule has 26 heavy (non-hydrogen) atoms. The van der Waals surface area contributed by atoms with Gasteiger partial charge in [0.05, 0.1) is 28.7 Å². The Bertz CT molecular complexity index is 864. The fraction of sp³-hybridized carbons (Fsp3) is 0.278. The van der Waals surface area contributed by atoms with Crippen molar-refractivity contribution in [1.29, 1.82) is 0 Å². The van der Waals surface area contributed by atoms with Crippen molar-refractivity contribution in [2.24, 2.45) is 0 Å². The Morgan fingerprint density at radius 2 is 2.19 bits per heavy atom. The molecule has 1 amide bonds. The van der Waals surface area contributed by atoms with Gasteiger partial charge in [0, 0.05) is 19.3 Å². The molecule has 0 aliphatic carbocycles. The minimum atomic E-state index is -0.126. The van der Waals surface area contributed by atoms with Crippen molar-refractivity contribution in [3.8, 4) is 11.4 Å². The molecule has 0 atom stereocenters. The third kappa shape index (κ3) is 3.36. The van der Waals surface area contributed by atoms with E-state index < -0.39 is 0 Å². The highest BCUT2D eigenvalue weighted by Crippen LogP contribution is 2.24. The molecule has 2 N–H and O–H groups in total. The second kappa shape index (κ2) is 7.31. The molecule has 0 spiro atoms. The second-order valence-corrected chi connectivity index (χ2v) is 6.59. The van der Waals surface area contributed by atoms with Gasteiger partial charge in [-0.1, -0.05) is 11.6 Å². The van der Waals surface area contributed by atoms with Gasteiger partial charge in [-0.05, 0) is 49.4 Å². The maximum Gasteiger partial charge on any atom is 0.288 e. The van der Waals surface area contributed by atoms with Gasteiger partial charge in [-0.15, -0.1) is 0 Å². The Balaban J connectivity index is 1.74. The van der Waals surface area contributed by atoms with E-state index >= 15 is 0 Å². The summed E-state index contributed by atoms with van der Waals surface area (Å²) in [5.74, 6) is -0.126. The predicted molar refractivity (Wildman–Crippen MR) is 100 cm³/mol. The van der Waals surface area contributed by atoms with Gasteiger partial charge in [-0.3, -0.25) is 14.8 Å². The zero-order valence-corrected chi connectivity index (χ0v) is 14.9. The monoisotopic (exact) mass is 370 g/mol. The zero-order valence-electron chi connectivity index (χ0n) is 14.2. The highest BCUT2D eigenvalue weighted by molar-refractivity contribution is 6.30. The van der Waals surface area contributed by atoms with Crippen LogP contribution in [0.25, 0.3) is 17.1 Å². The Morgan fingerprint density at radius 3 is 2.88 bits per heavy atom. The molecular weight excluding hydrogens is 352 g/mol. The molecule has 134 valence electrons. The van der Waals surface area contributed by atoms with Crippen molar-refractivity contribution in [3.63, 3.8) is 0 Å². The lowest BCUT2D eigenvalue weighted by Gasteiger charge is -2.26. The summed E-state index contributed by atoms with van der Waals surface area (Å²) in [7, 11) is 0. The lowest BCUT2D eigenvalue weighted by molar-refractivity contribution is 0.0604. The maximum absolute atomic E-state index is 12.8. The lowest BCUT2D eigenvalue weighted by atomic mass is 10.2. The molecule has 4 rings (SSSR count). The summed E-state index contributed by atoms with van der Waals surface area (Å²) in [6.07, 6.45) is 9.41. The number of nitrogens with zero attached hydrogens (tertiary/aromatic N) is 4. The number of rotatable bonds is 3. The number of halogens is 1. The van der Waals surface area contributed by atoms with E-state index in [1.165, 1.54) is 0 Å². The van der Waals surface area contributed by atoms with Crippen LogP contribution in [0, 0.1) is 0 Å². The topological polar surface area (TPSA) is 75.1 Å². The summed E-state index contributed by atoms with van der Waals surface area (Å²) in [5.41, 5.74) is 5.93. The summed E-state index contributed by atoms with van der Waals surface area (Å²) in [6, 6.07) is 5.40. The molecule has 2 aromatic heterocycles. The van der Waals surface area contributed by atoms with Gasteiger partial charge in [0.25, 0.3) is 5.91 Å². The number of carbonyl (C=O) groups is 1. The third-order valence-electron chi connectivity index (χ3n) is 4.33. The van der Waals surface area contributed by atoms with E-state index in [1.54, 1.807) is 28.0 Å². The quantitative estimate of drug-likeness (QED) is 0.867. The molecule has 2 aromatic rings. The number of amides is 1. The molecule has 0 aromatic carbocycles. The molecule has 2 aliphatic heterocycles. The number of hydrogen-bond donors (Lipinski definition) is 2. The number of dihydropyridines is 1. The van der Waals surface area contributed by atoms with Crippen LogP contribution in [0.2, 0.25) is 5.02 Å². The Hall–Kier alpha value is -2.64. The third-order valence-corrected chi connectivity index (χ3v) is 4.56. The summed E-state index contributed by atoms with van der Waals surface area (Å²) in [6.45, 7) is 2.11. The molecule has 2 aliphatic rings. The molecule has 0 radical (unpaired) electrons. The summed E-state index contributed by atoms with van der Waals surface area (Å²) < 4.78 is 1.77. The van der Waals surface area contributed by atoms with Crippen molar-refractivity contribution >= 4 is 23.2 Å². The van der Waals surface area contributed by atoms with Crippen LogP contribution in [0.4, 0.5) is 0 Å². The van der Waals surface area contributed by atoms with Crippen LogP contribution in [0.3, 0.4) is 0 Å². The van der Waals surface area contributed by atoms with Crippen molar-refractivity contribution in [1.82, 2.24) is 30.5 Å². The van der Waals surface area contributed by atoms with E-state index in [1.807, 2.05) is 24.4 Å². The fourth-order valence-electron chi connectivity index (χ4n) is 3.01. The molecule has 1 fully saturated rings. The molecular formula is C18H19ClN6O. The normalized spacial score (nSPS) is 17.0. The zero-order chi connectivity index (χ0) is 17.9. The largest absolute Gasteiger partial charge is 0.385 e. The highest BCUT2D eigenvalue weighted by atomic mass is 35.5. The first-order valence-corrected chi connectivity index (χ1v) is 8.97. The summed E-state index contributed by atoms with van der Waals surface area (Å²) >= 11 is 5.96. The number of aromatic nitrogens is 3. The number of nitrogens with one attached hydrogen (secondary N) is 2.